The van der Waals surface area contributed by atoms with Crippen LogP contribution >= 0.6 is 50.9 Å². The molecule has 2 aromatic rings. The van der Waals surface area contributed by atoms with Crippen molar-refractivity contribution in [2.24, 2.45) is 0 Å². The minimum atomic E-state index is -0.333. The first-order valence-electron chi connectivity index (χ1n) is 6.84. The largest absolute Gasteiger partial charge is 0.273 e. The molecule has 0 aliphatic heterocycles. The maximum atomic E-state index is 11.8. The number of carbonyl (C=O) groups excluding carboxylic acids is 2. The molecule has 4 nitrogen and oxygen atoms in total. The Hall–Kier alpha value is -1.21. The van der Waals surface area contributed by atoms with Crippen LogP contribution in [0.3, 0.4) is 0 Å². The standard InChI is InChI=1S/C16H13BrCl2N2O2S/c17-11-3-1-10(2-4-11)7-15(22)20-21-16(23)9-24-14-8-12(18)5-6-13(14)19/h1-6,8H,7,9H2,(H,20,22)(H,21,23). The van der Waals surface area contributed by atoms with Crippen LogP contribution in [0.1, 0.15) is 5.56 Å². The number of rotatable bonds is 5. The van der Waals surface area contributed by atoms with Gasteiger partial charge < -0.3 is 0 Å². The van der Waals surface area contributed by atoms with Gasteiger partial charge in [-0.15, -0.1) is 11.8 Å². The van der Waals surface area contributed by atoms with Gasteiger partial charge in [0.2, 0.25) is 11.8 Å². The fraction of sp³-hybridized carbons (Fsp3) is 0.125. The lowest BCUT2D eigenvalue weighted by Gasteiger charge is -2.08. The zero-order valence-corrected chi connectivity index (χ0v) is 16.2. The van der Waals surface area contributed by atoms with E-state index in [2.05, 4.69) is 26.8 Å². The monoisotopic (exact) mass is 446 g/mol. The van der Waals surface area contributed by atoms with Gasteiger partial charge in [-0.3, -0.25) is 20.4 Å². The van der Waals surface area contributed by atoms with Crippen molar-refractivity contribution in [3.8, 4) is 0 Å². The zero-order valence-electron chi connectivity index (χ0n) is 12.3. The molecular formula is C16H13BrCl2N2O2S. The summed E-state index contributed by atoms with van der Waals surface area (Å²) >= 11 is 16.5. The number of amides is 2. The van der Waals surface area contributed by atoms with Crippen LogP contribution in [0.4, 0.5) is 0 Å². The second kappa shape index (κ2) is 9.32. The third-order valence-electron chi connectivity index (χ3n) is 2.87. The van der Waals surface area contributed by atoms with Crippen molar-refractivity contribution in [2.45, 2.75) is 11.3 Å². The normalized spacial score (nSPS) is 10.3. The van der Waals surface area contributed by atoms with Gasteiger partial charge in [0, 0.05) is 14.4 Å². The van der Waals surface area contributed by atoms with Crippen LogP contribution in [0.15, 0.2) is 51.8 Å². The molecule has 2 amide bonds. The minimum Gasteiger partial charge on any atom is -0.273 e. The molecular weight excluding hydrogens is 435 g/mol. The molecule has 0 fully saturated rings. The van der Waals surface area contributed by atoms with E-state index >= 15 is 0 Å². The van der Waals surface area contributed by atoms with E-state index in [-0.39, 0.29) is 24.0 Å². The Morgan fingerprint density at radius 2 is 1.67 bits per heavy atom. The molecule has 126 valence electrons. The van der Waals surface area contributed by atoms with E-state index in [0.29, 0.717) is 14.9 Å². The van der Waals surface area contributed by atoms with Gasteiger partial charge in [0.05, 0.1) is 17.2 Å². The predicted octanol–water partition coefficient (Wildman–Crippen LogP) is 4.24. The first kappa shape index (κ1) is 19.1. The topological polar surface area (TPSA) is 58.2 Å². The molecule has 2 aromatic carbocycles. The Morgan fingerprint density at radius 3 is 2.38 bits per heavy atom. The van der Waals surface area contributed by atoms with Crippen molar-refractivity contribution in [3.05, 3.63) is 62.5 Å². The van der Waals surface area contributed by atoms with Crippen LogP contribution in [-0.2, 0) is 16.0 Å². The van der Waals surface area contributed by atoms with E-state index in [4.69, 9.17) is 23.2 Å². The summed E-state index contributed by atoms with van der Waals surface area (Å²) in [6.07, 6.45) is 0.181. The molecule has 0 aliphatic rings. The van der Waals surface area contributed by atoms with Gasteiger partial charge in [0.1, 0.15) is 0 Å². The minimum absolute atomic E-state index is 0.110. The SMILES string of the molecule is O=C(CSc1cc(Cl)ccc1Cl)NNC(=O)Cc1ccc(Br)cc1. The lowest BCUT2D eigenvalue weighted by Crippen LogP contribution is -2.43. The second-order valence-corrected chi connectivity index (χ2v) is 7.54. The lowest BCUT2D eigenvalue weighted by atomic mass is 10.1. The third-order valence-corrected chi connectivity index (χ3v) is 5.13. The molecule has 0 spiro atoms. The number of hydrogen-bond acceptors (Lipinski definition) is 3. The molecule has 0 saturated carbocycles. The van der Waals surface area contributed by atoms with Crippen LogP contribution < -0.4 is 10.9 Å². The molecule has 0 bridgehead atoms. The number of hydrazine groups is 1. The lowest BCUT2D eigenvalue weighted by molar-refractivity contribution is -0.127. The summed E-state index contributed by atoms with van der Waals surface area (Å²) in [5, 5.41) is 1.07. The van der Waals surface area contributed by atoms with E-state index < -0.39 is 0 Å². The average molecular weight is 448 g/mol. The summed E-state index contributed by atoms with van der Waals surface area (Å²) in [6, 6.07) is 12.4. The molecule has 0 heterocycles. The quantitative estimate of drug-likeness (QED) is 0.532. The fourth-order valence-corrected chi connectivity index (χ4v) is 3.30. The second-order valence-electron chi connectivity index (χ2n) is 4.76. The van der Waals surface area contributed by atoms with Gasteiger partial charge in [-0.1, -0.05) is 51.3 Å². The number of hydrogen-bond donors (Lipinski definition) is 2. The van der Waals surface area contributed by atoms with Crippen LogP contribution in [0.25, 0.3) is 0 Å². The highest BCUT2D eigenvalue weighted by Gasteiger charge is 2.08. The third kappa shape index (κ3) is 6.36. The van der Waals surface area contributed by atoms with E-state index in [1.165, 1.54) is 11.8 Å². The molecule has 0 saturated heterocycles. The summed E-state index contributed by atoms with van der Waals surface area (Å²) < 4.78 is 0.941. The van der Waals surface area contributed by atoms with Crippen molar-refractivity contribution in [2.75, 3.05) is 5.75 Å². The highest BCUT2D eigenvalue weighted by molar-refractivity contribution is 9.10. The van der Waals surface area contributed by atoms with E-state index in [0.717, 1.165) is 10.0 Å². The summed E-state index contributed by atoms with van der Waals surface area (Å²) in [5.74, 6) is -0.518. The van der Waals surface area contributed by atoms with Crippen molar-refractivity contribution in [1.29, 1.82) is 0 Å². The summed E-state index contributed by atoms with van der Waals surface area (Å²) in [7, 11) is 0. The molecule has 2 N–H and O–H groups in total. The number of nitrogens with one attached hydrogen (secondary N) is 2. The average Bonchev–Trinajstić information content (AvgIpc) is 2.56. The molecule has 24 heavy (non-hydrogen) atoms. The first-order chi connectivity index (χ1) is 11.4. The molecule has 0 aromatic heterocycles. The fourth-order valence-electron chi connectivity index (χ4n) is 1.74. The van der Waals surface area contributed by atoms with E-state index in [1.807, 2.05) is 24.3 Å². The van der Waals surface area contributed by atoms with Gasteiger partial charge in [0.15, 0.2) is 0 Å². The van der Waals surface area contributed by atoms with Crippen LogP contribution in [0.5, 0.6) is 0 Å². The Morgan fingerprint density at radius 1 is 1.00 bits per heavy atom. The first-order valence-corrected chi connectivity index (χ1v) is 9.37. The van der Waals surface area contributed by atoms with Crippen LogP contribution in [-0.4, -0.2) is 17.6 Å². The number of halogens is 3. The van der Waals surface area contributed by atoms with Gasteiger partial charge in [-0.2, -0.15) is 0 Å². The summed E-state index contributed by atoms with van der Waals surface area (Å²) in [5.41, 5.74) is 5.61. The summed E-state index contributed by atoms with van der Waals surface area (Å²) in [4.78, 5) is 24.3. The van der Waals surface area contributed by atoms with Crippen molar-refractivity contribution in [3.63, 3.8) is 0 Å². The zero-order chi connectivity index (χ0) is 17.5. The van der Waals surface area contributed by atoms with Crippen molar-refractivity contribution >= 4 is 62.7 Å². The Bertz CT molecular complexity index is 741. The maximum absolute atomic E-state index is 11.8. The van der Waals surface area contributed by atoms with Gasteiger partial charge >= 0.3 is 0 Å². The Kier molecular flexibility index (Phi) is 7.42. The van der Waals surface area contributed by atoms with Crippen molar-refractivity contribution < 1.29 is 9.59 Å². The van der Waals surface area contributed by atoms with E-state index in [9.17, 15) is 9.59 Å². The molecule has 2 rings (SSSR count). The van der Waals surface area contributed by atoms with Crippen LogP contribution in [0, 0.1) is 0 Å². The maximum Gasteiger partial charge on any atom is 0.248 e. The predicted molar refractivity (Wildman–Crippen MR) is 101 cm³/mol. The van der Waals surface area contributed by atoms with Crippen molar-refractivity contribution in [1.82, 2.24) is 10.9 Å². The summed E-state index contributed by atoms with van der Waals surface area (Å²) in [6.45, 7) is 0. The number of carbonyl (C=O) groups is 2. The van der Waals surface area contributed by atoms with Crippen LogP contribution in [0.2, 0.25) is 10.0 Å². The molecule has 0 unspecified atom stereocenters. The Labute approximate surface area is 162 Å². The highest BCUT2D eigenvalue weighted by atomic mass is 79.9. The number of benzene rings is 2. The highest BCUT2D eigenvalue weighted by Crippen LogP contribution is 2.29. The molecule has 8 heteroatoms. The van der Waals surface area contributed by atoms with Gasteiger partial charge in [-0.05, 0) is 35.9 Å². The molecule has 0 radical (unpaired) electrons. The smallest absolute Gasteiger partial charge is 0.248 e. The Balaban J connectivity index is 1.75. The molecule has 0 atom stereocenters. The number of thioether (sulfide) groups is 1. The van der Waals surface area contributed by atoms with E-state index in [1.54, 1.807) is 18.2 Å². The van der Waals surface area contributed by atoms with Gasteiger partial charge in [0.25, 0.3) is 0 Å². The van der Waals surface area contributed by atoms with Gasteiger partial charge in [-0.25, -0.2) is 0 Å². The molecule has 0 aliphatic carbocycles.